The summed E-state index contributed by atoms with van der Waals surface area (Å²) in [5.41, 5.74) is 2.88. The monoisotopic (exact) mass is 275 g/mol. The number of ether oxygens (including phenoxy) is 2. The standard InChI is InChI=1S/C17H25NO2/c1-2-15-3-5-16(6-4-15)13-18-9-12-20-17(14-18)7-10-19-11-8-17/h3-6H,2,7-14H2,1H3. The summed E-state index contributed by atoms with van der Waals surface area (Å²) in [6.07, 6.45) is 3.19. The van der Waals surface area contributed by atoms with E-state index in [1.165, 1.54) is 11.1 Å². The highest BCUT2D eigenvalue weighted by Gasteiger charge is 2.38. The van der Waals surface area contributed by atoms with Crippen molar-refractivity contribution in [1.82, 2.24) is 4.90 Å². The number of morpholine rings is 1. The Hall–Kier alpha value is -0.900. The summed E-state index contributed by atoms with van der Waals surface area (Å²) in [7, 11) is 0. The lowest BCUT2D eigenvalue weighted by atomic mass is 9.92. The van der Waals surface area contributed by atoms with E-state index in [2.05, 4.69) is 36.1 Å². The van der Waals surface area contributed by atoms with Gasteiger partial charge in [-0.3, -0.25) is 4.90 Å². The second-order valence-corrected chi connectivity index (χ2v) is 6.02. The molecular weight excluding hydrogens is 250 g/mol. The van der Waals surface area contributed by atoms with Crippen LogP contribution < -0.4 is 0 Å². The lowest BCUT2D eigenvalue weighted by molar-refractivity contribution is -0.155. The summed E-state index contributed by atoms with van der Waals surface area (Å²) in [6, 6.07) is 9.04. The number of hydrogen-bond acceptors (Lipinski definition) is 3. The molecule has 3 heteroatoms. The number of aryl methyl sites for hydroxylation is 1. The summed E-state index contributed by atoms with van der Waals surface area (Å²) >= 11 is 0. The van der Waals surface area contributed by atoms with Crippen LogP contribution in [0.15, 0.2) is 24.3 Å². The molecule has 0 aliphatic carbocycles. The second kappa shape index (κ2) is 6.25. The zero-order chi connectivity index (χ0) is 13.8. The van der Waals surface area contributed by atoms with E-state index in [-0.39, 0.29) is 5.60 Å². The van der Waals surface area contributed by atoms with Gasteiger partial charge in [0.15, 0.2) is 0 Å². The van der Waals surface area contributed by atoms with Crippen LogP contribution >= 0.6 is 0 Å². The minimum Gasteiger partial charge on any atom is -0.381 e. The summed E-state index contributed by atoms with van der Waals surface area (Å²) in [4.78, 5) is 2.54. The molecule has 0 bridgehead atoms. The smallest absolute Gasteiger partial charge is 0.0853 e. The van der Waals surface area contributed by atoms with Gasteiger partial charge in [0.05, 0.1) is 12.2 Å². The molecule has 2 saturated heterocycles. The van der Waals surface area contributed by atoms with Crippen molar-refractivity contribution < 1.29 is 9.47 Å². The van der Waals surface area contributed by atoms with Crippen LogP contribution in [0.4, 0.5) is 0 Å². The van der Waals surface area contributed by atoms with Gasteiger partial charge in [0.25, 0.3) is 0 Å². The molecule has 0 aromatic heterocycles. The second-order valence-electron chi connectivity index (χ2n) is 6.02. The molecule has 20 heavy (non-hydrogen) atoms. The Balaban J connectivity index is 1.61. The Morgan fingerprint density at radius 2 is 1.75 bits per heavy atom. The van der Waals surface area contributed by atoms with Crippen LogP contribution in [0.3, 0.4) is 0 Å². The fourth-order valence-corrected chi connectivity index (χ4v) is 3.24. The predicted octanol–water partition coefficient (Wildman–Crippen LogP) is 2.63. The van der Waals surface area contributed by atoms with E-state index in [1.807, 2.05) is 0 Å². The van der Waals surface area contributed by atoms with E-state index < -0.39 is 0 Å². The Morgan fingerprint density at radius 1 is 1.05 bits per heavy atom. The molecule has 3 rings (SSSR count). The third kappa shape index (κ3) is 3.22. The van der Waals surface area contributed by atoms with Gasteiger partial charge in [0.1, 0.15) is 0 Å². The van der Waals surface area contributed by atoms with Gasteiger partial charge in [-0.1, -0.05) is 31.2 Å². The lowest BCUT2D eigenvalue weighted by Crippen LogP contribution is -2.54. The normalized spacial score (nSPS) is 23.1. The van der Waals surface area contributed by atoms with E-state index in [0.29, 0.717) is 0 Å². The molecular formula is C17H25NO2. The molecule has 2 fully saturated rings. The molecule has 2 aliphatic heterocycles. The van der Waals surface area contributed by atoms with E-state index in [9.17, 15) is 0 Å². The van der Waals surface area contributed by atoms with Crippen molar-refractivity contribution in [3.63, 3.8) is 0 Å². The van der Waals surface area contributed by atoms with Gasteiger partial charge in [-0.05, 0) is 17.5 Å². The summed E-state index contributed by atoms with van der Waals surface area (Å²) < 4.78 is 11.6. The van der Waals surface area contributed by atoms with Crippen LogP contribution in [0.2, 0.25) is 0 Å². The maximum Gasteiger partial charge on any atom is 0.0853 e. The molecule has 0 unspecified atom stereocenters. The maximum absolute atomic E-state index is 6.09. The fraction of sp³-hybridized carbons (Fsp3) is 0.647. The first-order valence-electron chi connectivity index (χ1n) is 7.82. The Bertz CT molecular complexity index is 418. The van der Waals surface area contributed by atoms with E-state index in [4.69, 9.17) is 9.47 Å². The maximum atomic E-state index is 6.09. The third-order valence-corrected chi connectivity index (χ3v) is 4.57. The van der Waals surface area contributed by atoms with Crippen molar-refractivity contribution in [3.05, 3.63) is 35.4 Å². The van der Waals surface area contributed by atoms with Crippen LogP contribution in [0.25, 0.3) is 0 Å². The van der Waals surface area contributed by atoms with E-state index in [1.54, 1.807) is 0 Å². The topological polar surface area (TPSA) is 21.7 Å². The predicted molar refractivity (Wildman–Crippen MR) is 79.8 cm³/mol. The SMILES string of the molecule is CCc1ccc(CN2CCOC3(CCOCC3)C2)cc1. The quantitative estimate of drug-likeness (QED) is 0.846. The summed E-state index contributed by atoms with van der Waals surface area (Å²) in [5, 5.41) is 0. The highest BCUT2D eigenvalue weighted by Crippen LogP contribution is 2.29. The first kappa shape index (κ1) is 14.1. The average molecular weight is 275 g/mol. The van der Waals surface area contributed by atoms with Crippen LogP contribution in [-0.4, -0.2) is 43.4 Å². The number of hydrogen-bond donors (Lipinski definition) is 0. The van der Waals surface area contributed by atoms with Gasteiger partial charge in [-0.15, -0.1) is 0 Å². The summed E-state index contributed by atoms with van der Waals surface area (Å²) in [6.45, 7) is 7.87. The molecule has 0 atom stereocenters. The van der Waals surface area contributed by atoms with Gasteiger partial charge in [-0.2, -0.15) is 0 Å². The third-order valence-electron chi connectivity index (χ3n) is 4.57. The van der Waals surface area contributed by atoms with Gasteiger partial charge < -0.3 is 9.47 Å². The van der Waals surface area contributed by atoms with Crippen LogP contribution in [0, 0.1) is 0 Å². The fourth-order valence-electron chi connectivity index (χ4n) is 3.24. The van der Waals surface area contributed by atoms with E-state index >= 15 is 0 Å². The highest BCUT2D eigenvalue weighted by atomic mass is 16.5. The molecule has 1 aromatic carbocycles. The van der Waals surface area contributed by atoms with Gasteiger partial charge in [0, 0.05) is 45.7 Å². The summed E-state index contributed by atoms with van der Waals surface area (Å²) in [5.74, 6) is 0. The molecule has 0 amide bonds. The lowest BCUT2D eigenvalue weighted by Gasteiger charge is -2.44. The molecule has 110 valence electrons. The van der Waals surface area contributed by atoms with Gasteiger partial charge >= 0.3 is 0 Å². The van der Waals surface area contributed by atoms with Crippen molar-refractivity contribution >= 4 is 0 Å². The molecule has 2 heterocycles. The molecule has 3 nitrogen and oxygen atoms in total. The first-order chi connectivity index (χ1) is 9.80. The minimum atomic E-state index is 0.0554. The number of rotatable bonds is 3. The molecule has 1 spiro atoms. The van der Waals surface area contributed by atoms with Crippen molar-refractivity contribution in [3.8, 4) is 0 Å². The van der Waals surface area contributed by atoms with Gasteiger partial charge in [-0.25, -0.2) is 0 Å². The molecule has 0 saturated carbocycles. The van der Waals surface area contributed by atoms with E-state index in [0.717, 1.165) is 58.7 Å². The largest absolute Gasteiger partial charge is 0.381 e. The Labute approximate surface area is 121 Å². The first-order valence-corrected chi connectivity index (χ1v) is 7.82. The molecule has 0 radical (unpaired) electrons. The van der Waals surface area contributed by atoms with Crippen molar-refractivity contribution in [1.29, 1.82) is 0 Å². The number of benzene rings is 1. The Morgan fingerprint density at radius 3 is 2.45 bits per heavy atom. The zero-order valence-electron chi connectivity index (χ0n) is 12.4. The van der Waals surface area contributed by atoms with Crippen LogP contribution in [0.5, 0.6) is 0 Å². The van der Waals surface area contributed by atoms with Crippen LogP contribution in [0.1, 0.15) is 30.9 Å². The Kier molecular flexibility index (Phi) is 4.39. The minimum absolute atomic E-state index is 0.0554. The van der Waals surface area contributed by atoms with Gasteiger partial charge in [0.2, 0.25) is 0 Å². The van der Waals surface area contributed by atoms with Crippen LogP contribution in [-0.2, 0) is 22.4 Å². The average Bonchev–Trinajstić information content (AvgIpc) is 2.49. The van der Waals surface area contributed by atoms with Crippen molar-refractivity contribution in [2.75, 3.05) is 32.9 Å². The molecule has 0 N–H and O–H groups in total. The molecule has 1 aromatic rings. The molecule has 2 aliphatic rings. The highest BCUT2D eigenvalue weighted by molar-refractivity contribution is 5.22. The zero-order valence-corrected chi connectivity index (χ0v) is 12.4. The van der Waals surface area contributed by atoms with Crippen molar-refractivity contribution in [2.45, 2.75) is 38.3 Å². The van der Waals surface area contributed by atoms with Crippen molar-refractivity contribution in [2.24, 2.45) is 0 Å². The number of nitrogens with zero attached hydrogens (tertiary/aromatic N) is 1.